The Bertz CT molecular complexity index is 1570. The van der Waals surface area contributed by atoms with Gasteiger partial charge in [0.25, 0.3) is 5.56 Å². The Hall–Kier alpha value is -4.25. The number of esters is 1. The first-order valence-corrected chi connectivity index (χ1v) is 11.9. The third-order valence-corrected chi connectivity index (χ3v) is 6.75. The monoisotopic (exact) mass is 508 g/mol. The number of phenols is 1. The van der Waals surface area contributed by atoms with Crippen LogP contribution in [0.1, 0.15) is 31.0 Å². The molecule has 2 heterocycles. The number of rotatable bonds is 6. The van der Waals surface area contributed by atoms with Gasteiger partial charge in [0.05, 0.1) is 33.4 Å². The summed E-state index contributed by atoms with van der Waals surface area (Å²) in [6.07, 6.45) is 1.39. The number of carbonyl (C=O) groups excluding carboxylic acids is 1. The summed E-state index contributed by atoms with van der Waals surface area (Å²) in [6.45, 7) is 3.56. The Morgan fingerprint density at radius 1 is 1.28 bits per heavy atom. The van der Waals surface area contributed by atoms with Gasteiger partial charge < -0.3 is 14.7 Å². The van der Waals surface area contributed by atoms with Gasteiger partial charge in [0.15, 0.2) is 4.80 Å². The fraction of sp³-hybridized carbons (Fsp3) is 0.240. The van der Waals surface area contributed by atoms with E-state index in [1.807, 2.05) is 43.3 Å². The number of nitro benzene ring substituents is 1. The number of aromatic nitrogens is 1. The number of phenolic OH excluding ortho intramolecular Hbond substituents is 1. The minimum atomic E-state index is -0.780. The second-order valence-corrected chi connectivity index (χ2v) is 9.27. The largest absolute Gasteiger partial charge is 0.502 e. The predicted molar refractivity (Wildman–Crippen MR) is 136 cm³/mol. The molecule has 4 rings (SSSR count). The molecule has 1 aromatic heterocycles. The standard InChI is InChI=1S/C25H24N4O6S/c1-5-35-24(32)20-14(2)26-25-28(21(20)15-9-11-17(12-10-15)27(3)4)23(31)19(36-25)13-16-7-6-8-18(22(16)30)29(33)34/h6-13,21,30H,5H2,1-4H3/t21-/m1/s1. The number of nitrogens with zero attached hydrogens (tertiary/aromatic N) is 4. The summed E-state index contributed by atoms with van der Waals surface area (Å²) in [5.74, 6) is -1.10. The summed E-state index contributed by atoms with van der Waals surface area (Å²) >= 11 is 1.07. The van der Waals surface area contributed by atoms with Gasteiger partial charge in [-0.25, -0.2) is 9.79 Å². The van der Waals surface area contributed by atoms with Crippen LogP contribution in [0.2, 0.25) is 0 Å². The topological polar surface area (TPSA) is 127 Å². The van der Waals surface area contributed by atoms with E-state index in [1.165, 1.54) is 28.8 Å². The average Bonchev–Trinajstić information content (AvgIpc) is 3.13. The molecule has 0 saturated heterocycles. The molecule has 36 heavy (non-hydrogen) atoms. The number of para-hydroxylation sites is 1. The maximum absolute atomic E-state index is 13.6. The van der Waals surface area contributed by atoms with Crippen molar-refractivity contribution in [2.45, 2.75) is 19.9 Å². The van der Waals surface area contributed by atoms with E-state index in [4.69, 9.17) is 4.74 Å². The van der Waals surface area contributed by atoms with Crippen molar-refractivity contribution in [1.29, 1.82) is 0 Å². The molecule has 0 fully saturated rings. The van der Waals surface area contributed by atoms with Crippen molar-refractivity contribution in [3.63, 3.8) is 0 Å². The Labute approximate surface area is 209 Å². The molecule has 0 amide bonds. The number of nitro groups is 1. The molecule has 0 unspecified atom stereocenters. The molecule has 0 saturated carbocycles. The Balaban J connectivity index is 1.95. The molecule has 2 aromatic carbocycles. The lowest BCUT2D eigenvalue weighted by molar-refractivity contribution is -0.385. The van der Waals surface area contributed by atoms with Crippen molar-refractivity contribution in [3.8, 4) is 5.75 Å². The van der Waals surface area contributed by atoms with Crippen LogP contribution in [-0.2, 0) is 9.53 Å². The normalized spacial score (nSPS) is 15.3. The fourth-order valence-corrected chi connectivity index (χ4v) is 5.05. The number of thiazole rings is 1. The average molecular weight is 509 g/mol. The van der Waals surface area contributed by atoms with Gasteiger partial charge in [-0.05, 0) is 37.6 Å². The molecule has 10 nitrogen and oxygen atoms in total. The first-order valence-electron chi connectivity index (χ1n) is 11.1. The van der Waals surface area contributed by atoms with Crippen LogP contribution < -0.4 is 19.8 Å². The maximum Gasteiger partial charge on any atom is 0.338 e. The molecule has 1 atom stereocenters. The van der Waals surface area contributed by atoms with Crippen molar-refractivity contribution in [2.24, 2.45) is 4.99 Å². The molecular weight excluding hydrogens is 484 g/mol. The van der Waals surface area contributed by atoms with E-state index in [9.17, 15) is 24.8 Å². The number of anilines is 1. The highest BCUT2D eigenvalue weighted by Crippen LogP contribution is 2.32. The summed E-state index contributed by atoms with van der Waals surface area (Å²) in [6, 6.07) is 10.8. The number of aromatic hydroxyl groups is 1. The SMILES string of the molecule is CCOC(=O)C1=C(C)N=c2sc(=Cc3cccc([N+](=O)[O-])c3O)c(=O)n2[C@@H]1c1ccc(N(C)C)cc1. The lowest BCUT2D eigenvalue weighted by atomic mass is 9.95. The number of hydrogen-bond donors (Lipinski definition) is 1. The van der Waals surface area contributed by atoms with Crippen LogP contribution >= 0.6 is 11.3 Å². The summed E-state index contributed by atoms with van der Waals surface area (Å²) < 4.78 is 6.92. The maximum atomic E-state index is 13.6. The number of fused-ring (bicyclic) bond motifs is 1. The molecule has 186 valence electrons. The molecule has 1 aliphatic heterocycles. The molecule has 0 aliphatic carbocycles. The molecule has 3 aromatic rings. The zero-order valence-electron chi connectivity index (χ0n) is 20.1. The highest BCUT2D eigenvalue weighted by Gasteiger charge is 2.33. The quantitative estimate of drug-likeness (QED) is 0.308. The molecule has 11 heteroatoms. The van der Waals surface area contributed by atoms with E-state index in [1.54, 1.807) is 13.8 Å². The highest BCUT2D eigenvalue weighted by atomic mass is 32.1. The van der Waals surface area contributed by atoms with Crippen molar-refractivity contribution in [3.05, 3.63) is 94.7 Å². The molecule has 0 spiro atoms. The summed E-state index contributed by atoms with van der Waals surface area (Å²) in [7, 11) is 3.82. The number of hydrogen-bond acceptors (Lipinski definition) is 9. The molecule has 0 bridgehead atoms. The zero-order valence-corrected chi connectivity index (χ0v) is 20.9. The van der Waals surface area contributed by atoms with E-state index >= 15 is 0 Å². The third-order valence-electron chi connectivity index (χ3n) is 5.77. The molecule has 1 N–H and O–H groups in total. The number of ether oxygens (including phenoxy) is 1. The highest BCUT2D eigenvalue weighted by molar-refractivity contribution is 7.07. The van der Waals surface area contributed by atoms with Gasteiger partial charge in [-0.2, -0.15) is 0 Å². The lowest BCUT2D eigenvalue weighted by Crippen LogP contribution is -2.39. The van der Waals surface area contributed by atoms with Gasteiger partial charge >= 0.3 is 11.7 Å². The number of benzene rings is 2. The van der Waals surface area contributed by atoms with Gasteiger partial charge in [0, 0.05) is 31.4 Å². The van der Waals surface area contributed by atoms with Crippen LogP contribution in [0.4, 0.5) is 11.4 Å². The van der Waals surface area contributed by atoms with E-state index in [0.717, 1.165) is 17.0 Å². The van der Waals surface area contributed by atoms with E-state index in [0.29, 0.717) is 16.1 Å². The van der Waals surface area contributed by atoms with Crippen LogP contribution in [0.25, 0.3) is 6.08 Å². The first kappa shape index (κ1) is 24.9. The molecule has 0 radical (unpaired) electrons. The van der Waals surface area contributed by atoms with E-state index in [2.05, 4.69) is 4.99 Å². The number of carbonyl (C=O) groups is 1. The van der Waals surface area contributed by atoms with Gasteiger partial charge in [0.2, 0.25) is 5.75 Å². The van der Waals surface area contributed by atoms with Crippen LogP contribution in [0.3, 0.4) is 0 Å². The second-order valence-electron chi connectivity index (χ2n) is 8.26. The van der Waals surface area contributed by atoms with Gasteiger partial charge in [0.1, 0.15) is 0 Å². The second kappa shape index (κ2) is 9.78. The van der Waals surface area contributed by atoms with Crippen LogP contribution in [0.15, 0.2) is 63.5 Å². The summed E-state index contributed by atoms with van der Waals surface area (Å²) in [5, 5.41) is 21.6. The van der Waals surface area contributed by atoms with Gasteiger partial charge in [-0.15, -0.1) is 0 Å². The molecular formula is C25H24N4O6S. The predicted octanol–water partition coefficient (Wildman–Crippen LogP) is 2.48. The van der Waals surface area contributed by atoms with Crippen LogP contribution in [0.5, 0.6) is 5.75 Å². The zero-order chi connectivity index (χ0) is 26.1. The van der Waals surface area contributed by atoms with Crippen molar-refractivity contribution < 1.29 is 19.6 Å². The minimum absolute atomic E-state index is 0.127. The van der Waals surface area contributed by atoms with Crippen LogP contribution in [0, 0.1) is 10.1 Å². The smallest absolute Gasteiger partial charge is 0.338 e. The van der Waals surface area contributed by atoms with E-state index in [-0.39, 0.29) is 22.3 Å². The minimum Gasteiger partial charge on any atom is -0.502 e. The van der Waals surface area contributed by atoms with Gasteiger partial charge in [-0.1, -0.05) is 35.6 Å². The lowest BCUT2D eigenvalue weighted by Gasteiger charge is -2.25. The third kappa shape index (κ3) is 4.40. The Morgan fingerprint density at radius 2 is 1.97 bits per heavy atom. The first-order chi connectivity index (χ1) is 17.1. The summed E-state index contributed by atoms with van der Waals surface area (Å²) in [5.41, 5.74) is 1.56. The Kier molecular flexibility index (Phi) is 6.75. The number of allylic oxidation sites excluding steroid dienone is 1. The van der Waals surface area contributed by atoms with Crippen molar-refractivity contribution >= 4 is 34.8 Å². The van der Waals surface area contributed by atoms with Crippen molar-refractivity contribution in [1.82, 2.24) is 4.57 Å². The van der Waals surface area contributed by atoms with Crippen molar-refractivity contribution in [2.75, 3.05) is 25.6 Å². The molecule has 1 aliphatic rings. The summed E-state index contributed by atoms with van der Waals surface area (Å²) in [4.78, 5) is 43.9. The van der Waals surface area contributed by atoms with Crippen LogP contribution in [-0.4, -0.2) is 41.3 Å². The van der Waals surface area contributed by atoms with Gasteiger partial charge in [-0.3, -0.25) is 19.5 Å². The Morgan fingerprint density at radius 3 is 2.58 bits per heavy atom. The van der Waals surface area contributed by atoms with E-state index < -0.39 is 33.9 Å². The fourth-order valence-electron chi connectivity index (χ4n) is 4.02.